The van der Waals surface area contributed by atoms with E-state index in [0.717, 1.165) is 22.2 Å². The maximum Gasteiger partial charge on any atom is 0.0956 e. The zero-order valence-corrected chi connectivity index (χ0v) is 12.5. The van der Waals surface area contributed by atoms with Crippen LogP contribution in [0.2, 0.25) is 0 Å². The molecule has 0 amide bonds. The molecule has 2 heterocycles. The van der Waals surface area contributed by atoms with Crippen LogP contribution >= 0.6 is 0 Å². The van der Waals surface area contributed by atoms with Crippen molar-refractivity contribution in [2.24, 2.45) is 0 Å². The maximum atomic E-state index is 4.98. The Bertz CT molecular complexity index is 1160. The average Bonchev–Trinajstić information content (AvgIpc) is 3.11. The molecule has 0 saturated carbocycles. The van der Waals surface area contributed by atoms with Crippen molar-refractivity contribution in [2.45, 2.75) is 0 Å². The van der Waals surface area contributed by atoms with E-state index >= 15 is 0 Å². The van der Waals surface area contributed by atoms with Crippen molar-refractivity contribution in [1.82, 2.24) is 9.38 Å². The van der Waals surface area contributed by atoms with E-state index in [0.29, 0.717) is 0 Å². The summed E-state index contributed by atoms with van der Waals surface area (Å²) < 4.78 is 2.22. The first kappa shape index (κ1) is 12.4. The Balaban J connectivity index is 1.96. The van der Waals surface area contributed by atoms with Gasteiger partial charge >= 0.3 is 0 Å². The van der Waals surface area contributed by atoms with Gasteiger partial charge in [-0.1, -0.05) is 54.6 Å². The maximum absolute atomic E-state index is 4.98. The average molecular weight is 294 g/mol. The molecule has 0 N–H and O–H groups in total. The van der Waals surface area contributed by atoms with Crippen LogP contribution in [0.25, 0.3) is 38.6 Å². The van der Waals surface area contributed by atoms with Gasteiger partial charge in [0.15, 0.2) is 0 Å². The van der Waals surface area contributed by atoms with Gasteiger partial charge in [0, 0.05) is 11.8 Å². The predicted molar refractivity (Wildman–Crippen MR) is 95.6 cm³/mol. The first-order valence-corrected chi connectivity index (χ1v) is 7.76. The highest BCUT2D eigenvalue weighted by atomic mass is 14.9. The largest absolute Gasteiger partial charge is 0.313 e. The van der Waals surface area contributed by atoms with Crippen LogP contribution in [0.15, 0.2) is 85.1 Å². The summed E-state index contributed by atoms with van der Waals surface area (Å²) in [6.45, 7) is 0. The van der Waals surface area contributed by atoms with Crippen LogP contribution in [0.5, 0.6) is 0 Å². The molecule has 0 aliphatic heterocycles. The van der Waals surface area contributed by atoms with E-state index in [1.165, 1.54) is 16.3 Å². The van der Waals surface area contributed by atoms with Crippen molar-refractivity contribution < 1.29 is 0 Å². The Morgan fingerprint density at radius 3 is 2.43 bits per heavy atom. The molecule has 5 rings (SSSR count). The minimum absolute atomic E-state index is 1.01. The summed E-state index contributed by atoms with van der Waals surface area (Å²) >= 11 is 0. The molecule has 0 aliphatic carbocycles. The molecule has 0 bridgehead atoms. The van der Waals surface area contributed by atoms with E-state index in [-0.39, 0.29) is 0 Å². The lowest BCUT2D eigenvalue weighted by atomic mass is 10.0. The van der Waals surface area contributed by atoms with Crippen molar-refractivity contribution in [3.8, 4) is 11.3 Å². The Morgan fingerprint density at radius 2 is 1.43 bits per heavy atom. The second kappa shape index (κ2) is 4.68. The lowest BCUT2D eigenvalue weighted by Crippen LogP contribution is -1.94. The molecule has 2 nitrogen and oxygen atoms in total. The van der Waals surface area contributed by atoms with Gasteiger partial charge in [-0.15, -0.1) is 0 Å². The molecule has 0 atom stereocenters. The van der Waals surface area contributed by atoms with Crippen LogP contribution in [-0.4, -0.2) is 9.38 Å². The summed E-state index contributed by atoms with van der Waals surface area (Å²) in [6.07, 6.45) is 2.11. The van der Waals surface area contributed by atoms with Crippen molar-refractivity contribution in [1.29, 1.82) is 0 Å². The third-order valence-electron chi connectivity index (χ3n) is 4.41. The topological polar surface area (TPSA) is 17.3 Å². The van der Waals surface area contributed by atoms with Gasteiger partial charge in [0.1, 0.15) is 0 Å². The normalized spacial score (nSPS) is 11.5. The lowest BCUT2D eigenvalue weighted by molar-refractivity contribution is 1.23. The number of benzene rings is 3. The third-order valence-corrected chi connectivity index (χ3v) is 4.41. The number of hydrogen-bond acceptors (Lipinski definition) is 1. The number of nitrogens with zero attached hydrogens (tertiary/aromatic N) is 2. The molecule has 2 heteroatoms. The van der Waals surface area contributed by atoms with Crippen molar-refractivity contribution in [2.75, 3.05) is 0 Å². The van der Waals surface area contributed by atoms with E-state index in [1.54, 1.807) is 0 Å². The van der Waals surface area contributed by atoms with Gasteiger partial charge in [-0.25, -0.2) is 4.98 Å². The molecule has 3 aromatic carbocycles. The fourth-order valence-electron chi connectivity index (χ4n) is 3.35. The van der Waals surface area contributed by atoms with E-state index < -0.39 is 0 Å². The monoisotopic (exact) mass is 294 g/mol. The van der Waals surface area contributed by atoms with Gasteiger partial charge < -0.3 is 4.40 Å². The van der Waals surface area contributed by atoms with Crippen LogP contribution in [0.1, 0.15) is 0 Å². The zero-order valence-electron chi connectivity index (χ0n) is 12.5. The molecule has 0 saturated heterocycles. The Labute approximate surface area is 133 Å². The van der Waals surface area contributed by atoms with Gasteiger partial charge in [0.2, 0.25) is 0 Å². The zero-order chi connectivity index (χ0) is 15.2. The SMILES string of the molecule is c1ccc2c(-c3nc4ccccc4n4cccc34)cccc2c1. The summed E-state index contributed by atoms with van der Waals surface area (Å²) in [5.74, 6) is 0. The van der Waals surface area contributed by atoms with E-state index in [9.17, 15) is 0 Å². The number of para-hydroxylation sites is 2. The predicted octanol–water partition coefficient (Wildman–Crippen LogP) is 5.31. The van der Waals surface area contributed by atoms with Crippen LogP contribution < -0.4 is 0 Å². The first-order valence-electron chi connectivity index (χ1n) is 7.76. The molecular weight excluding hydrogens is 280 g/mol. The molecule has 23 heavy (non-hydrogen) atoms. The molecule has 0 radical (unpaired) electrons. The van der Waals surface area contributed by atoms with Crippen LogP contribution in [0.3, 0.4) is 0 Å². The number of rotatable bonds is 1. The second-order valence-corrected chi connectivity index (χ2v) is 5.74. The van der Waals surface area contributed by atoms with Gasteiger partial charge in [-0.3, -0.25) is 0 Å². The number of fused-ring (bicyclic) bond motifs is 4. The van der Waals surface area contributed by atoms with E-state index in [4.69, 9.17) is 4.98 Å². The van der Waals surface area contributed by atoms with E-state index in [1.807, 2.05) is 6.07 Å². The molecule has 5 aromatic rings. The highest BCUT2D eigenvalue weighted by Gasteiger charge is 2.11. The van der Waals surface area contributed by atoms with E-state index in [2.05, 4.69) is 83.4 Å². The quantitative estimate of drug-likeness (QED) is 0.409. The van der Waals surface area contributed by atoms with Gasteiger partial charge in [0.05, 0.1) is 22.2 Å². The molecular formula is C21H14N2. The van der Waals surface area contributed by atoms with Crippen LogP contribution in [0, 0.1) is 0 Å². The lowest BCUT2D eigenvalue weighted by Gasteiger charge is -2.11. The Hall–Kier alpha value is -3.13. The van der Waals surface area contributed by atoms with Gasteiger partial charge in [0.25, 0.3) is 0 Å². The smallest absolute Gasteiger partial charge is 0.0956 e. The minimum Gasteiger partial charge on any atom is -0.313 e. The molecule has 0 aliphatic rings. The highest BCUT2D eigenvalue weighted by molar-refractivity contribution is 6.00. The summed E-state index contributed by atoms with van der Waals surface area (Å²) in [7, 11) is 0. The summed E-state index contributed by atoms with van der Waals surface area (Å²) in [5.41, 5.74) is 5.50. The molecule has 0 spiro atoms. The minimum atomic E-state index is 1.01. The molecule has 0 unspecified atom stereocenters. The molecule has 2 aromatic heterocycles. The number of aromatic nitrogens is 2. The summed E-state index contributed by atoms with van der Waals surface area (Å²) in [4.78, 5) is 4.98. The second-order valence-electron chi connectivity index (χ2n) is 5.74. The van der Waals surface area contributed by atoms with Gasteiger partial charge in [-0.05, 0) is 35.0 Å². The van der Waals surface area contributed by atoms with Crippen molar-refractivity contribution >= 4 is 27.3 Å². The Kier molecular flexibility index (Phi) is 2.53. The number of hydrogen-bond donors (Lipinski definition) is 0. The van der Waals surface area contributed by atoms with Crippen molar-refractivity contribution in [3.05, 3.63) is 85.1 Å². The third kappa shape index (κ3) is 1.78. The molecule has 108 valence electrons. The van der Waals surface area contributed by atoms with Crippen LogP contribution in [0.4, 0.5) is 0 Å². The van der Waals surface area contributed by atoms with Crippen LogP contribution in [-0.2, 0) is 0 Å². The standard InChI is InChI=1S/C21H14N2/c1-2-9-16-15(7-1)8-5-10-17(16)21-20-13-6-14-23(20)19-12-4-3-11-18(19)22-21/h1-14H. The van der Waals surface area contributed by atoms with Crippen molar-refractivity contribution in [3.63, 3.8) is 0 Å². The fraction of sp³-hybridized carbons (Fsp3) is 0. The summed E-state index contributed by atoms with van der Waals surface area (Å²) in [5, 5.41) is 2.48. The molecule has 0 fully saturated rings. The highest BCUT2D eigenvalue weighted by Crippen LogP contribution is 2.32. The van der Waals surface area contributed by atoms with Gasteiger partial charge in [-0.2, -0.15) is 0 Å². The Morgan fingerprint density at radius 1 is 0.652 bits per heavy atom. The summed E-state index contributed by atoms with van der Waals surface area (Å²) in [6, 6.07) is 27.4. The first-order chi connectivity index (χ1) is 11.4. The fourth-order valence-corrected chi connectivity index (χ4v) is 3.35.